The first-order valence-corrected chi connectivity index (χ1v) is 6.49. The molecule has 2 N–H and O–H groups in total. The van der Waals surface area contributed by atoms with Crippen molar-refractivity contribution in [2.75, 3.05) is 5.32 Å². The van der Waals surface area contributed by atoms with Crippen LogP contribution in [0.1, 0.15) is 31.4 Å². The maximum atomic E-state index is 5.69. The minimum absolute atomic E-state index is 0.308. The van der Waals surface area contributed by atoms with Crippen LogP contribution in [-0.2, 0) is 6.54 Å². The molecule has 2 heterocycles. The van der Waals surface area contributed by atoms with E-state index in [0.29, 0.717) is 5.92 Å². The number of fused-ring (bicyclic) bond motifs is 1. The highest BCUT2D eigenvalue weighted by atomic mass is 16.3. The maximum Gasteiger partial charge on any atom is 0.198 e. The second-order valence-corrected chi connectivity index (χ2v) is 4.94. The Balaban J connectivity index is 1.80. The van der Waals surface area contributed by atoms with E-state index in [-0.39, 0.29) is 0 Å². The lowest BCUT2D eigenvalue weighted by Gasteiger charge is -2.04. The lowest BCUT2D eigenvalue weighted by Crippen LogP contribution is -1.99. The molecule has 3 rings (SSSR count). The van der Waals surface area contributed by atoms with Gasteiger partial charge in [-0.1, -0.05) is 13.8 Å². The molecule has 0 bridgehead atoms. The molecule has 0 atom stereocenters. The molecule has 0 spiro atoms. The fourth-order valence-electron chi connectivity index (χ4n) is 1.98. The number of hydrogen-bond acceptors (Lipinski definition) is 3. The van der Waals surface area contributed by atoms with Crippen molar-refractivity contribution >= 4 is 16.8 Å². The summed E-state index contributed by atoms with van der Waals surface area (Å²) in [5.41, 5.74) is 3.95. The van der Waals surface area contributed by atoms with Gasteiger partial charge in [0.05, 0.1) is 6.54 Å². The van der Waals surface area contributed by atoms with Crippen molar-refractivity contribution in [3.63, 3.8) is 0 Å². The molecule has 0 saturated carbocycles. The van der Waals surface area contributed by atoms with Gasteiger partial charge in [0.15, 0.2) is 11.5 Å². The molecule has 0 unspecified atom stereocenters. The number of hydrogen-bond donors (Lipinski definition) is 2. The first-order valence-electron chi connectivity index (χ1n) is 6.49. The van der Waals surface area contributed by atoms with E-state index in [1.165, 1.54) is 0 Å². The van der Waals surface area contributed by atoms with Gasteiger partial charge in [-0.15, -0.1) is 0 Å². The van der Waals surface area contributed by atoms with Gasteiger partial charge in [-0.2, -0.15) is 0 Å². The summed E-state index contributed by atoms with van der Waals surface area (Å²) >= 11 is 0. The van der Waals surface area contributed by atoms with Crippen molar-refractivity contribution in [1.82, 2.24) is 9.97 Å². The van der Waals surface area contributed by atoms with E-state index in [2.05, 4.69) is 35.2 Å². The Morgan fingerprint density at radius 3 is 2.95 bits per heavy atom. The molecule has 0 aliphatic heterocycles. The zero-order valence-corrected chi connectivity index (χ0v) is 11.1. The molecule has 1 aromatic carbocycles. The van der Waals surface area contributed by atoms with Crippen molar-refractivity contribution in [1.29, 1.82) is 0 Å². The van der Waals surface area contributed by atoms with E-state index < -0.39 is 0 Å². The molecule has 4 nitrogen and oxygen atoms in total. The SMILES string of the molecule is CC(C)c1nc2cc(NCc3ccc[nH]3)ccc2o1. The smallest absolute Gasteiger partial charge is 0.198 e. The first-order chi connectivity index (χ1) is 9.22. The van der Waals surface area contributed by atoms with E-state index in [9.17, 15) is 0 Å². The van der Waals surface area contributed by atoms with Gasteiger partial charge in [0.25, 0.3) is 0 Å². The summed E-state index contributed by atoms with van der Waals surface area (Å²) in [6.07, 6.45) is 1.92. The summed E-state index contributed by atoms with van der Waals surface area (Å²) in [6.45, 7) is 4.93. The zero-order valence-electron chi connectivity index (χ0n) is 11.1. The number of nitrogens with one attached hydrogen (secondary N) is 2. The Hall–Kier alpha value is -2.23. The summed E-state index contributed by atoms with van der Waals surface area (Å²) in [6, 6.07) is 10.0. The van der Waals surface area contributed by atoms with Gasteiger partial charge in [-0.05, 0) is 30.3 Å². The largest absolute Gasteiger partial charge is 0.440 e. The van der Waals surface area contributed by atoms with Crippen LogP contribution in [0.15, 0.2) is 40.9 Å². The van der Waals surface area contributed by atoms with Gasteiger partial charge in [-0.25, -0.2) is 4.98 Å². The number of benzene rings is 1. The lowest BCUT2D eigenvalue weighted by atomic mass is 10.2. The van der Waals surface area contributed by atoms with Crippen LogP contribution in [0.3, 0.4) is 0 Å². The monoisotopic (exact) mass is 255 g/mol. The van der Waals surface area contributed by atoms with Crippen molar-refractivity contribution in [3.05, 3.63) is 48.1 Å². The van der Waals surface area contributed by atoms with Crippen molar-refractivity contribution in [2.24, 2.45) is 0 Å². The standard InChI is InChI=1S/C15H17N3O/c1-10(2)15-18-13-8-11(5-6-14(13)19-15)17-9-12-4-3-7-16-12/h3-8,10,16-17H,9H2,1-2H3. The third-order valence-corrected chi connectivity index (χ3v) is 3.04. The number of H-pyrrole nitrogens is 1. The molecular formula is C15H17N3O. The molecule has 0 fully saturated rings. The van der Waals surface area contributed by atoms with Crippen LogP contribution in [0.5, 0.6) is 0 Å². The fourth-order valence-corrected chi connectivity index (χ4v) is 1.98. The van der Waals surface area contributed by atoms with Crippen molar-refractivity contribution in [2.45, 2.75) is 26.3 Å². The Kier molecular flexibility index (Phi) is 2.99. The van der Waals surface area contributed by atoms with Gasteiger partial charge in [-0.3, -0.25) is 0 Å². The average Bonchev–Trinajstić information content (AvgIpc) is 3.04. The number of rotatable bonds is 4. The minimum atomic E-state index is 0.308. The van der Waals surface area contributed by atoms with Gasteiger partial charge < -0.3 is 14.7 Å². The van der Waals surface area contributed by atoms with Crippen LogP contribution in [0.2, 0.25) is 0 Å². The van der Waals surface area contributed by atoms with E-state index in [1.54, 1.807) is 0 Å². The third kappa shape index (κ3) is 2.47. The molecule has 3 aromatic rings. The molecule has 4 heteroatoms. The summed E-state index contributed by atoms with van der Waals surface area (Å²) in [4.78, 5) is 7.67. The number of aromatic nitrogens is 2. The van der Waals surface area contributed by atoms with Gasteiger partial charge in [0.2, 0.25) is 0 Å². The van der Waals surface area contributed by atoms with Crippen LogP contribution in [-0.4, -0.2) is 9.97 Å². The number of nitrogens with zero attached hydrogens (tertiary/aromatic N) is 1. The van der Waals surface area contributed by atoms with Crippen LogP contribution in [0, 0.1) is 0 Å². The van der Waals surface area contributed by atoms with Crippen molar-refractivity contribution < 1.29 is 4.42 Å². The minimum Gasteiger partial charge on any atom is -0.440 e. The Labute approximate surface area is 111 Å². The van der Waals surface area contributed by atoms with Crippen LogP contribution in [0.4, 0.5) is 5.69 Å². The second kappa shape index (κ2) is 4.80. The maximum absolute atomic E-state index is 5.69. The molecular weight excluding hydrogens is 238 g/mol. The van der Waals surface area contributed by atoms with E-state index in [4.69, 9.17) is 4.42 Å². The number of aromatic amines is 1. The number of anilines is 1. The van der Waals surface area contributed by atoms with Gasteiger partial charge >= 0.3 is 0 Å². The summed E-state index contributed by atoms with van der Waals surface area (Å²) in [5.74, 6) is 1.10. The summed E-state index contributed by atoms with van der Waals surface area (Å²) in [7, 11) is 0. The van der Waals surface area contributed by atoms with Crippen LogP contribution < -0.4 is 5.32 Å². The molecule has 0 saturated heterocycles. The highest BCUT2D eigenvalue weighted by molar-refractivity contribution is 5.77. The first kappa shape index (κ1) is 11.8. The van der Waals surface area contributed by atoms with Crippen LogP contribution in [0.25, 0.3) is 11.1 Å². The molecule has 2 aromatic heterocycles. The Bertz CT molecular complexity index is 668. The van der Waals surface area contributed by atoms with E-state index in [0.717, 1.165) is 34.9 Å². The molecule has 19 heavy (non-hydrogen) atoms. The highest BCUT2D eigenvalue weighted by Gasteiger charge is 2.09. The normalized spacial score (nSPS) is 11.3. The quantitative estimate of drug-likeness (QED) is 0.743. The zero-order chi connectivity index (χ0) is 13.2. The van der Waals surface area contributed by atoms with Crippen LogP contribution >= 0.6 is 0 Å². The number of oxazole rings is 1. The highest BCUT2D eigenvalue weighted by Crippen LogP contribution is 2.23. The van der Waals surface area contributed by atoms with Crippen molar-refractivity contribution in [3.8, 4) is 0 Å². The predicted molar refractivity (Wildman–Crippen MR) is 76.2 cm³/mol. The van der Waals surface area contributed by atoms with Gasteiger partial charge in [0.1, 0.15) is 5.52 Å². The third-order valence-electron chi connectivity index (χ3n) is 3.04. The molecule has 0 amide bonds. The van der Waals surface area contributed by atoms with E-state index >= 15 is 0 Å². The van der Waals surface area contributed by atoms with E-state index in [1.807, 2.05) is 30.5 Å². The molecule has 0 aliphatic carbocycles. The second-order valence-electron chi connectivity index (χ2n) is 4.94. The molecule has 0 aliphatic rings. The van der Waals surface area contributed by atoms with Gasteiger partial charge in [0, 0.05) is 23.5 Å². The lowest BCUT2D eigenvalue weighted by molar-refractivity contribution is 0.501. The Morgan fingerprint density at radius 1 is 1.32 bits per heavy atom. The topological polar surface area (TPSA) is 53.9 Å². The molecule has 98 valence electrons. The fraction of sp³-hybridized carbons (Fsp3) is 0.267. The average molecular weight is 255 g/mol. The molecule has 0 radical (unpaired) electrons. The Morgan fingerprint density at radius 2 is 2.21 bits per heavy atom. The summed E-state index contributed by atoms with van der Waals surface area (Å²) < 4.78 is 5.69. The summed E-state index contributed by atoms with van der Waals surface area (Å²) in [5, 5.41) is 3.36. The predicted octanol–water partition coefficient (Wildman–Crippen LogP) is 3.89.